The van der Waals surface area contributed by atoms with Crippen molar-refractivity contribution < 1.29 is 4.79 Å². The Morgan fingerprint density at radius 3 is 2.54 bits per heavy atom. The van der Waals surface area contributed by atoms with Crippen LogP contribution in [0, 0.1) is 5.92 Å². The Labute approximate surface area is 158 Å². The molecule has 5 nitrogen and oxygen atoms in total. The fraction of sp³-hybridized carbons (Fsp3) is 0.667. The zero-order chi connectivity index (χ0) is 18.2. The molecular weight excluding hydrogens is 324 g/mol. The molecule has 1 amide bonds. The number of hydrogen-bond acceptors (Lipinski definition) is 4. The number of anilines is 1. The van der Waals surface area contributed by atoms with Gasteiger partial charge in [-0.1, -0.05) is 18.2 Å². The van der Waals surface area contributed by atoms with Crippen molar-refractivity contribution in [1.29, 1.82) is 0 Å². The molecule has 2 aliphatic heterocycles. The van der Waals surface area contributed by atoms with E-state index in [1.807, 2.05) is 0 Å². The summed E-state index contributed by atoms with van der Waals surface area (Å²) in [6.45, 7) is 9.53. The number of para-hydroxylation sites is 1. The first-order chi connectivity index (χ1) is 12.7. The highest BCUT2D eigenvalue weighted by molar-refractivity contribution is 5.76. The average Bonchev–Trinajstić information content (AvgIpc) is 2.68. The zero-order valence-electron chi connectivity index (χ0n) is 16.1. The normalized spacial score (nSPS) is 20.7. The van der Waals surface area contributed by atoms with Crippen molar-refractivity contribution >= 4 is 11.6 Å². The van der Waals surface area contributed by atoms with Crippen molar-refractivity contribution in [3.63, 3.8) is 0 Å². The van der Waals surface area contributed by atoms with Crippen LogP contribution < -0.4 is 15.5 Å². The highest BCUT2D eigenvalue weighted by Gasteiger charge is 2.20. The molecule has 0 spiro atoms. The topological polar surface area (TPSA) is 47.6 Å². The third kappa shape index (κ3) is 5.99. The van der Waals surface area contributed by atoms with Gasteiger partial charge in [0, 0.05) is 50.9 Å². The van der Waals surface area contributed by atoms with Gasteiger partial charge in [-0.05, 0) is 57.3 Å². The molecule has 2 saturated heterocycles. The lowest BCUT2D eigenvalue weighted by Crippen LogP contribution is -2.50. The molecule has 0 bridgehead atoms. The number of carbonyl (C=O) groups excluding carboxylic acids is 1. The number of hydrogen-bond donors (Lipinski definition) is 2. The molecule has 1 aromatic rings. The van der Waals surface area contributed by atoms with Gasteiger partial charge in [0.2, 0.25) is 5.91 Å². The Balaban J connectivity index is 1.32. The number of benzene rings is 1. The highest BCUT2D eigenvalue weighted by atomic mass is 16.1. The van der Waals surface area contributed by atoms with E-state index < -0.39 is 0 Å². The van der Waals surface area contributed by atoms with Gasteiger partial charge in [-0.2, -0.15) is 0 Å². The molecule has 1 unspecified atom stereocenters. The van der Waals surface area contributed by atoms with E-state index in [-0.39, 0.29) is 11.9 Å². The summed E-state index contributed by atoms with van der Waals surface area (Å²) >= 11 is 0. The first-order valence-corrected chi connectivity index (χ1v) is 10.2. The molecule has 0 aliphatic carbocycles. The van der Waals surface area contributed by atoms with Crippen molar-refractivity contribution in [2.45, 2.75) is 38.6 Å². The summed E-state index contributed by atoms with van der Waals surface area (Å²) in [5, 5.41) is 6.58. The van der Waals surface area contributed by atoms with Crippen LogP contribution in [-0.4, -0.2) is 62.7 Å². The molecule has 2 N–H and O–H groups in total. The van der Waals surface area contributed by atoms with E-state index in [0.717, 1.165) is 58.2 Å². The Bertz CT molecular complexity index is 536. The monoisotopic (exact) mass is 358 g/mol. The van der Waals surface area contributed by atoms with E-state index >= 15 is 0 Å². The van der Waals surface area contributed by atoms with Gasteiger partial charge in [0.1, 0.15) is 0 Å². The van der Waals surface area contributed by atoms with Crippen molar-refractivity contribution in [2.75, 3.05) is 50.7 Å². The third-order valence-electron chi connectivity index (χ3n) is 5.67. The number of rotatable bonds is 7. The summed E-state index contributed by atoms with van der Waals surface area (Å²) in [5.41, 5.74) is 1.31. The van der Waals surface area contributed by atoms with Crippen molar-refractivity contribution in [3.05, 3.63) is 30.3 Å². The fourth-order valence-corrected chi connectivity index (χ4v) is 4.11. The molecule has 2 aliphatic rings. The maximum Gasteiger partial charge on any atom is 0.220 e. The van der Waals surface area contributed by atoms with Crippen LogP contribution in [0.15, 0.2) is 30.3 Å². The molecule has 0 radical (unpaired) electrons. The number of piperidine rings is 1. The van der Waals surface area contributed by atoms with Crippen LogP contribution in [-0.2, 0) is 4.79 Å². The van der Waals surface area contributed by atoms with Crippen LogP contribution in [0.3, 0.4) is 0 Å². The number of nitrogens with zero attached hydrogens (tertiary/aromatic N) is 2. The Morgan fingerprint density at radius 1 is 1.15 bits per heavy atom. The van der Waals surface area contributed by atoms with Crippen molar-refractivity contribution in [3.8, 4) is 0 Å². The summed E-state index contributed by atoms with van der Waals surface area (Å²) in [7, 11) is 0. The second-order valence-corrected chi connectivity index (χ2v) is 7.82. The van der Waals surface area contributed by atoms with Crippen LogP contribution in [0.5, 0.6) is 0 Å². The minimum Gasteiger partial charge on any atom is -0.369 e. The molecule has 0 aromatic heterocycles. The minimum absolute atomic E-state index is 0.221. The van der Waals surface area contributed by atoms with E-state index in [2.05, 4.69) is 57.7 Å². The highest BCUT2D eigenvalue weighted by Crippen LogP contribution is 2.18. The third-order valence-corrected chi connectivity index (χ3v) is 5.67. The van der Waals surface area contributed by atoms with Crippen LogP contribution >= 0.6 is 0 Å². The van der Waals surface area contributed by atoms with E-state index in [9.17, 15) is 4.79 Å². The maximum atomic E-state index is 12.2. The molecule has 2 heterocycles. The smallest absolute Gasteiger partial charge is 0.220 e. The van der Waals surface area contributed by atoms with Crippen LogP contribution in [0.2, 0.25) is 0 Å². The molecule has 144 valence electrons. The molecule has 3 rings (SSSR count). The number of piperazine rings is 1. The van der Waals surface area contributed by atoms with Gasteiger partial charge in [-0.3, -0.25) is 9.69 Å². The number of nitrogens with one attached hydrogen (secondary N) is 2. The summed E-state index contributed by atoms with van der Waals surface area (Å²) < 4.78 is 0. The van der Waals surface area contributed by atoms with Gasteiger partial charge < -0.3 is 15.5 Å². The van der Waals surface area contributed by atoms with Crippen molar-refractivity contribution in [1.82, 2.24) is 15.5 Å². The van der Waals surface area contributed by atoms with Gasteiger partial charge in [-0.15, -0.1) is 0 Å². The minimum atomic E-state index is 0.221. The largest absolute Gasteiger partial charge is 0.369 e. The number of amides is 1. The number of carbonyl (C=O) groups is 1. The van der Waals surface area contributed by atoms with Crippen molar-refractivity contribution in [2.24, 2.45) is 5.92 Å². The molecule has 0 saturated carbocycles. The molecule has 26 heavy (non-hydrogen) atoms. The second kappa shape index (κ2) is 9.93. The van der Waals surface area contributed by atoms with Gasteiger partial charge in [0.25, 0.3) is 0 Å². The SMILES string of the molecule is CC(CN1CCN(c2ccccc2)CC1)NC(=O)CCC1CCNCC1. The Kier molecular flexibility index (Phi) is 7.32. The predicted octanol–water partition coefficient (Wildman–Crippen LogP) is 2.09. The standard InChI is InChI=1S/C21H34N4O/c1-18(23-21(26)8-7-19-9-11-22-12-10-19)17-24-13-15-25(16-14-24)20-5-3-2-4-6-20/h2-6,18-19,22H,7-17H2,1H3,(H,23,26). The summed E-state index contributed by atoms with van der Waals surface area (Å²) in [6.07, 6.45) is 4.15. The summed E-state index contributed by atoms with van der Waals surface area (Å²) in [4.78, 5) is 17.1. The van der Waals surface area contributed by atoms with E-state index in [0.29, 0.717) is 6.42 Å². The first kappa shape index (κ1) is 19.2. The molecule has 1 aromatic carbocycles. The Hall–Kier alpha value is -1.59. The van der Waals surface area contributed by atoms with Gasteiger partial charge >= 0.3 is 0 Å². The van der Waals surface area contributed by atoms with Crippen LogP contribution in [0.1, 0.15) is 32.6 Å². The summed E-state index contributed by atoms with van der Waals surface area (Å²) in [6, 6.07) is 10.8. The molecule has 1 atom stereocenters. The van der Waals surface area contributed by atoms with Crippen LogP contribution in [0.4, 0.5) is 5.69 Å². The van der Waals surface area contributed by atoms with E-state index in [1.165, 1.54) is 18.5 Å². The maximum absolute atomic E-state index is 12.2. The van der Waals surface area contributed by atoms with Crippen LogP contribution in [0.25, 0.3) is 0 Å². The average molecular weight is 359 g/mol. The predicted molar refractivity (Wildman–Crippen MR) is 108 cm³/mol. The second-order valence-electron chi connectivity index (χ2n) is 7.82. The zero-order valence-corrected chi connectivity index (χ0v) is 16.1. The van der Waals surface area contributed by atoms with Gasteiger partial charge in [0.05, 0.1) is 0 Å². The Morgan fingerprint density at radius 2 is 1.85 bits per heavy atom. The fourth-order valence-electron chi connectivity index (χ4n) is 4.11. The first-order valence-electron chi connectivity index (χ1n) is 10.2. The van der Waals surface area contributed by atoms with E-state index in [1.54, 1.807) is 0 Å². The lowest BCUT2D eigenvalue weighted by Gasteiger charge is -2.37. The molecule has 5 heteroatoms. The van der Waals surface area contributed by atoms with Gasteiger partial charge in [-0.25, -0.2) is 0 Å². The molecular formula is C21H34N4O. The summed E-state index contributed by atoms with van der Waals surface area (Å²) in [5.74, 6) is 0.947. The lowest BCUT2D eigenvalue weighted by atomic mass is 9.93. The van der Waals surface area contributed by atoms with E-state index in [4.69, 9.17) is 0 Å². The molecule has 2 fully saturated rings. The lowest BCUT2D eigenvalue weighted by molar-refractivity contribution is -0.122. The van der Waals surface area contributed by atoms with Gasteiger partial charge in [0.15, 0.2) is 0 Å². The quantitative estimate of drug-likeness (QED) is 0.784.